The molecule has 1 aromatic carbocycles. The molecule has 1 aliphatic rings. The van der Waals surface area contributed by atoms with E-state index in [2.05, 4.69) is 0 Å². The van der Waals surface area contributed by atoms with Crippen LogP contribution in [0, 0.1) is 5.82 Å². The van der Waals surface area contributed by atoms with Gasteiger partial charge in [-0.25, -0.2) is 17.1 Å². The van der Waals surface area contributed by atoms with E-state index in [1.807, 2.05) is 24.3 Å². The fourth-order valence-electron chi connectivity index (χ4n) is 3.17. The number of hydrogen-bond acceptors (Lipinski definition) is 3. The number of piperidine rings is 1. The van der Waals surface area contributed by atoms with Crippen molar-refractivity contribution in [2.75, 3.05) is 19.3 Å². The van der Waals surface area contributed by atoms with Gasteiger partial charge in [-0.3, -0.25) is 4.98 Å². The van der Waals surface area contributed by atoms with Crippen LogP contribution in [0.4, 0.5) is 4.39 Å². The third-order valence-corrected chi connectivity index (χ3v) is 5.64. The van der Waals surface area contributed by atoms with Gasteiger partial charge >= 0.3 is 0 Å². The average Bonchev–Trinajstić information content (AvgIpc) is 2.54. The number of aromatic nitrogens is 1. The van der Waals surface area contributed by atoms with Gasteiger partial charge in [-0.2, -0.15) is 0 Å². The lowest BCUT2D eigenvalue weighted by molar-refractivity contribution is 0.314. The zero-order chi connectivity index (χ0) is 17.2. The molecule has 0 unspecified atom stereocenters. The predicted molar refractivity (Wildman–Crippen MR) is 91.8 cm³/mol. The summed E-state index contributed by atoms with van der Waals surface area (Å²) in [5, 5.41) is 0. The van der Waals surface area contributed by atoms with Gasteiger partial charge in [-0.1, -0.05) is 18.2 Å². The Morgan fingerprint density at radius 2 is 2.04 bits per heavy atom. The maximum Gasteiger partial charge on any atom is 0.211 e. The van der Waals surface area contributed by atoms with Gasteiger partial charge in [0, 0.05) is 36.8 Å². The highest BCUT2D eigenvalue weighted by Crippen LogP contribution is 2.27. The van der Waals surface area contributed by atoms with Crippen molar-refractivity contribution in [3.05, 3.63) is 65.2 Å². The maximum absolute atomic E-state index is 13.3. The van der Waals surface area contributed by atoms with Crippen molar-refractivity contribution in [1.29, 1.82) is 0 Å². The summed E-state index contributed by atoms with van der Waals surface area (Å²) in [7, 11) is -3.17. The predicted octanol–water partition coefficient (Wildman–Crippen LogP) is 2.95. The zero-order valence-corrected chi connectivity index (χ0v) is 14.5. The average molecular weight is 348 g/mol. The molecule has 1 aliphatic heterocycles. The Hall–Kier alpha value is -1.79. The third kappa shape index (κ3) is 4.19. The van der Waals surface area contributed by atoms with Gasteiger partial charge in [0.2, 0.25) is 10.0 Å². The van der Waals surface area contributed by atoms with Crippen molar-refractivity contribution < 1.29 is 12.8 Å². The van der Waals surface area contributed by atoms with E-state index in [0.29, 0.717) is 19.5 Å². The molecular formula is C18H21FN2O2S. The Labute approximate surface area is 142 Å². The summed E-state index contributed by atoms with van der Waals surface area (Å²) in [5.41, 5.74) is 2.66. The molecule has 2 heterocycles. The number of nitrogens with zero attached hydrogens (tertiary/aromatic N) is 2. The Bertz CT molecular complexity index is 823. The van der Waals surface area contributed by atoms with Crippen molar-refractivity contribution in [1.82, 2.24) is 9.29 Å². The minimum atomic E-state index is -3.17. The highest BCUT2D eigenvalue weighted by molar-refractivity contribution is 7.88. The van der Waals surface area contributed by atoms with Crippen LogP contribution in [-0.2, 0) is 16.4 Å². The van der Waals surface area contributed by atoms with Crippen molar-refractivity contribution in [2.45, 2.75) is 25.2 Å². The van der Waals surface area contributed by atoms with Crippen molar-refractivity contribution in [3.8, 4) is 0 Å². The topological polar surface area (TPSA) is 50.3 Å². The van der Waals surface area contributed by atoms with E-state index >= 15 is 0 Å². The lowest BCUT2D eigenvalue weighted by Gasteiger charge is -2.30. The molecule has 0 N–H and O–H groups in total. The molecule has 0 saturated carbocycles. The Morgan fingerprint density at radius 1 is 1.25 bits per heavy atom. The first kappa shape index (κ1) is 17.0. The molecule has 1 fully saturated rings. The van der Waals surface area contributed by atoms with Crippen LogP contribution in [0.3, 0.4) is 0 Å². The summed E-state index contributed by atoms with van der Waals surface area (Å²) in [6, 6.07) is 12.3. The van der Waals surface area contributed by atoms with Crippen molar-refractivity contribution in [2.24, 2.45) is 0 Å². The zero-order valence-electron chi connectivity index (χ0n) is 13.7. The largest absolute Gasteiger partial charge is 0.257 e. The fourth-order valence-corrected chi connectivity index (χ4v) is 4.08. The molecule has 0 spiro atoms. The monoisotopic (exact) mass is 348 g/mol. The summed E-state index contributed by atoms with van der Waals surface area (Å²) in [6.45, 7) is 1.06. The van der Waals surface area contributed by atoms with Crippen molar-refractivity contribution in [3.63, 3.8) is 0 Å². The molecule has 0 radical (unpaired) electrons. The standard InChI is InChI=1S/C18H21FN2O2S/c1-24(22,23)21-10-4-6-15(13-21)18-9-3-8-17(20-18)12-14-5-2-7-16(19)11-14/h2-3,5,7-9,11,15H,4,6,10,12-13H2,1H3/t15-/m0/s1. The molecule has 6 heteroatoms. The Kier molecular flexibility index (Phi) is 4.96. The quantitative estimate of drug-likeness (QED) is 0.854. The minimum Gasteiger partial charge on any atom is -0.257 e. The number of benzene rings is 1. The van der Waals surface area contributed by atoms with Gasteiger partial charge in [-0.05, 0) is 42.7 Å². The van der Waals surface area contributed by atoms with Gasteiger partial charge in [0.05, 0.1) is 6.26 Å². The summed E-state index contributed by atoms with van der Waals surface area (Å²) in [4.78, 5) is 4.69. The molecule has 1 saturated heterocycles. The van der Waals surface area contributed by atoms with E-state index in [1.165, 1.54) is 22.7 Å². The number of hydrogen-bond donors (Lipinski definition) is 0. The molecule has 24 heavy (non-hydrogen) atoms. The molecule has 0 bridgehead atoms. The molecule has 1 aromatic heterocycles. The maximum atomic E-state index is 13.3. The third-order valence-electron chi connectivity index (χ3n) is 4.37. The molecule has 0 aliphatic carbocycles. The van der Waals surface area contributed by atoms with Crippen LogP contribution >= 0.6 is 0 Å². The second kappa shape index (κ2) is 6.99. The molecule has 4 nitrogen and oxygen atoms in total. The normalized spacial score (nSPS) is 19.3. The highest BCUT2D eigenvalue weighted by atomic mass is 32.2. The van der Waals surface area contributed by atoms with E-state index in [4.69, 9.17) is 4.98 Å². The second-order valence-electron chi connectivity index (χ2n) is 6.32. The second-order valence-corrected chi connectivity index (χ2v) is 8.30. The lowest BCUT2D eigenvalue weighted by Crippen LogP contribution is -2.38. The van der Waals surface area contributed by atoms with E-state index < -0.39 is 10.0 Å². The number of pyridine rings is 1. The van der Waals surface area contributed by atoms with Gasteiger partial charge in [0.25, 0.3) is 0 Å². The van der Waals surface area contributed by atoms with E-state index in [-0.39, 0.29) is 11.7 Å². The van der Waals surface area contributed by atoms with Gasteiger partial charge in [0.1, 0.15) is 5.82 Å². The number of rotatable bonds is 4. The molecule has 2 aromatic rings. The van der Waals surface area contributed by atoms with Crippen molar-refractivity contribution >= 4 is 10.0 Å². The summed E-state index contributed by atoms with van der Waals surface area (Å²) in [6.07, 6.45) is 3.59. The smallest absolute Gasteiger partial charge is 0.211 e. The van der Waals surface area contributed by atoms with Crippen LogP contribution in [0.15, 0.2) is 42.5 Å². The minimum absolute atomic E-state index is 0.112. The van der Waals surface area contributed by atoms with E-state index in [9.17, 15) is 12.8 Å². The number of sulfonamides is 1. The number of halogens is 1. The summed E-state index contributed by atoms with van der Waals surface area (Å²) in [5.74, 6) is -0.138. The van der Waals surface area contributed by atoms with Crippen LogP contribution in [0.2, 0.25) is 0 Å². The van der Waals surface area contributed by atoms with Crippen LogP contribution < -0.4 is 0 Å². The van der Waals surface area contributed by atoms with Crippen LogP contribution in [-0.4, -0.2) is 37.1 Å². The van der Waals surface area contributed by atoms with Gasteiger partial charge in [0.15, 0.2) is 0 Å². The highest BCUT2D eigenvalue weighted by Gasteiger charge is 2.27. The van der Waals surface area contributed by atoms with E-state index in [0.717, 1.165) is 29.8 Å². The first-order valence-electron chi connectivity index (χ1n) is 8.07. The molecule has 1 atom stereocenters. The Balaban J connectivity index is 1.77. The first-order chi connectivity index (χ1) is 11.4. The van der Waals surface area contributed by atoms with E-state index in [1.54, 1.807) is 6.07 Å². The lowest BCUT2D eigenvalue weighted by atomic mass is 9.95. The van der Waals surface area contributed by atoms with Crippen LogP contribution in [0.5, 0.6) is 0 Å². The Morgan fingerprint density at radius 3 is 2.79 bits per heavy atom. The summed E-state index contributed by atoms with van der Waals surface area (Å²) >= 11 is 0. The SMILES string of the molecule is CS(=O)(=O)N1CCC[C@H](c2cccc(Cc3cccc(F)c3)n2)C1. The van der Waals surface area contributed by atoms with Crippen LogP contribution in [0.1, 0.15) is 35.7 Å². The van der Waals surface area contributed by atoms with Gasteiger partial charge in [-0.15, -0.1) is 0 Å². The molecule has 0 amide bonds. The van der Waals surface area contributed by atoms with Crippen LogP contribution in [0.25, 0.3) is 0 Å². The molecular weight excluding hydrogens is 327 g/mol. The molecule has 128 valence electrons. The van der Waals surface area contributed by atoms with Gasteiger partial charge < -0.3 is 0 Å². The fraction of sp³-hybridized carbons (Fsp3) is 0.389. The first-order valence-corrected chi connectivity index (χ1v) is 9.92. The summed E-state index contributed by atoms with van der Waals surface area (Å²) < 4.78 is 38.4. The molecule has 3 rings (SSSR count).